The highest BCUT2D eigenvalue weighted by atomic mass is 16.5. The summed E-state index contributed by atoms with van der Waals surface area (Å²) in [5.41, 5.74) is 0.333. The van der Waals surface area contributed by atoms with Gasteiger partial charge in [-0.05, 0) is 11.5 Å². The fourth-order valence-electron chi connectivity index (χ4n) is 2.79. The topological polar surface area (TPSA) is 83.6 Å². The predicted molar refractivity (Wildman–Crippen MR) is 94.3 cm³/mol. The van der Waals surface area contributed by atoms with Crippen LogP contribution in [-0.4, -0.2) is 67.6 Å². The second-order valence-corrected chi connectivity index (χ2v) is 5.87. The van der Waals surface area contributed by atoms with Crippen molar-refractivity contribution in [2.24, 2.45) is 0 Å². The minimum Gasteiger partial charge on any atom is -0.379 e. The lowest BCUT2D eigenvalue weighted by atomic mass is 10.1. The van der Waals surface area contributed by atoms with Crippen LogP contribution >= 0.6 is 0 Å². The molecule has 3 rings (SSSR count). The van der Waals surface area contributed by atoms with Crippen LogP contribution in [0.25, 0.3) is 10.8 Å². The molecule has 0 unspecified atom stereocenters. The zero-order valence-corrected chi connectivity index (χ0v) is 14.0. The third kappa shape index (κ3) is 4.74. The Morgan fingerprint density at radius 2 is 1.92 bits per heavy atom. The number of rotatable bonds is 6. The van der Waals surface area contributed by atoms with Crippen LogP contribution in [-0.2, 0) is 9.53 Å². The fraction of sp³-hybridized carbons (Fsp3) is 0.389. The van der Waals surface area contributed by atoms with Crippen molar-refractivity contribution in [2.45, 2.75) is 0 Å². The lowest BCUT2D eigenvalue weighted by Crippen LogP contribution is -2.43. The number of morpholine rings is 1. The van der Waals surface area contributed by atoms with E-state index in [2.05, 4.69) is 20.5 Å². The van der Waals surface area contributed by atoms with Crippen molar-refractivity contribution in [1.82, 2.24) is 20.5 Å². The van der Waals surface area contributed by atoms with Crippen molar-refractivity contribution in [3.63, 3.8) is 0 Å². The molecule has 0 aliphatic carbocycles. The van der Waals surface area contributed by atoms with E-state index < -0.39 is 0 Å². The average molecular weight is 342 g/mol. The summed E-state index contributed by atoms with van der Waals surface area (Å²) in [6, 6.07) is 9.39. The summed E-state index contributed by atoms with van der Waals surface area (Å²) in [4.78, 5) is 30.6. The number of fused-ring (bicyclic) bond motifs is 1. The van der Waals surface area contributed by atoms with E-state index in [0.29, 0.717) is 12.2 Å². The molecule has 2 N–H and O–H groups in total. The standard InChI is InChI=1S/C18H22N4O3/c23-16(19-7-8-22-9-11-25-12-10-22)13-21-18(24)17-15-4-2-1-3-14(15)5-6-20-17/h1-6H,7-13H2,(H,19,23)(H,21,24). The summed E-state index contributed by atoms with van der Waals surface area (Å²) in [7, 11) is 0. The van der Waals surface area contributed by atoms with Gasteiger partial charge in [-0.1, -0.05) is 24.3 Å². The van der Waals surface area contributed by atoms with E-state index >= 15 is 0 Å². The van der Waals surface area contributed by atoms with E-state index in [1.807, 2.05) is 30.3 Å². The number of nitrogens with one attached hydrogen (secondary N) is 2. The van der Waals surface area contributed by atoms with Gasteiger partial charge in [0.2, 0.25) is 5.91 Å². The van der Waals surface area contributed by atoms with Crippen molar-refractivity contribution in [1.29, 1.82) is 0 Å². The monoisotopic (exact) mass is 342 g/mol. The van der Waals surface area contributed by atoms with Gasteiger partial charge in [0.25, 0.3) is 5.91 Å². The third-order valence-corrected chi connectivity index (χ3v) is 4.15. The largest absolute Gasteiger partial charge is 0.379 e. The van der Waals surface area contributed by atoms with Gasteiger partial charge >= 0.3 is 0 Å². The molecule has 1 aromatic carbocycles. The van der Waals surface area contributed by atoms with Gasteiger partial charge in [0, 0.05) is 37.8 Å². The molecule has 0 atom stereocenters. The number of aromatic nitrogens is 1. The number of benzene rings is 1. The molecule has 1 aliphatic heterocycles. The number of hydrogen-bond donors (Lipinski definition) is 2. The molecule has 132 valence electrons. The smallest absolute Gasteiger partial charge is 0.270 e. The molecule has 7 heteroatoms. The van der Waals surface area contributed by atoms with Gasteiger partial charge in [0.1, 0.15) is 5.69 Å². The van der Waals surface area contributed by atoms with Crippen LogP contribution in [0.4, 0.5) is 0 Å². The molecule has 0 bridgehead atoms. The van der Waals surface area contributed by atoms with Crippen molar-refractivity contribution in [3.05, 3.63) is 42.2 Å². The molecule has 2 heterocycles. The number of hydrogen-bond acceptors (Lipinski definition) is 5. The molecule has 25 heavy (non-hydrogen) atoms. The molecule has 0 saturated carbocycles. The SMILES string of the molecule is O=C(CNC(=O)c1nccc2ccccc12)NCCN1CCOCC1. The Balaban J connectivity index is 1.45. The Morgan fingerprint density at radius 1 is 1.12 bits per heavy atom. The van der Waals surface area contributed by atoms with Crippen molar-refractivity contribution >= 4 is 22.6 Å². The van der Waals surface area contributed by atoms with Crippen LogP contribution in [0.15, 0.2) is 36.5 Å². The lowest BCUT2D eigenvalue weighted by Gasteiger charge is -2.26. The van der Waals surface area contributed by atoms with Crippen molar-refractivity contribution in [3.8, 4) is 0 Å². The van der Waals surface area contributed by atoms with Gasteiger partial charge < -0.3 is 15.4 Å². The van der Waals surface area contributed by atoms with Gasteiger partial charge in [0.15, 0.2) is 0 Å². The predicted octanol–water partition coefficient (Wildman–Crippen LogP) is 0.413. The quantitative estimate of drug-likeness (QED) is 0.795. The maximum atomic E-state index is 12.3. The van der Waals surface area contributed by atoms with Gasteiger partial charge in [0.05, 0.1) is 19.8 Å². The first-order valence-electron chi connectivity index (χ1n) is 8.43. The Labute approximate surface area is 146 Å². The number of carbonyl (C=O) groups excluding carboxylic acids is 2. The highest BCUT2D eigenvalue weighted by molar-refractivity contribution is 6.05. The molecule has 1 saturated heterocycles. The average Bonchev–Trinajstić information content (AvgIpc) is 2.66. The Hall–Kier alpha value is -2.51. The van der Waals surface area contributed by atoms with Gasteiger partial charge in [-0.3, -0.25) is 19.5 Å². The number of ether oxygens (including phenoxy) is 1. The number of amides is 2. The summed E-state index contributed by atoms with van der Waals surface area (Å²) >= 11 is 0. The van der Waals surface area contributed by atoms with E-state index in [4.69, 9.17) is 4.74 Å². The van der Waals surface area contributed by atoms with E-state index in [0.717, 1.165) is 43.6 Å². The first-order valence-corrected chi connectivity index (χ1v) is 8.43. The zero-order chi connectivity index (χ0) is 17.5. The van der Waals surface area contributed by atoms with Crippen LogP contribution in [0.5, 0.6) is 0 Å². The highest BCUT2D eigenvalue weighted by Crippen LogP contribution is 2.15. The summed E-state index contributed by atoms with van der Waals surface area (Å²) in [5, 5.41) is 7.17. The molecule has 0 radical (unpaired) electrons. The van der Waals surface area contributed by atoms with Crippen LogP contribution < -0.4 is 10.6 Å². The molecule has 1 aliphatic rings. The zero-order valence-electron chi connectivity index (χ0n) is 14.0. The first kappa shape index (κ1) is 17.3. The van der Waals surface area contributed by atoms with E-state index in [1.165, 1.54) is 0 Å². The Kier molecular flexibility index (Phi) is 5.92. The third-order valence-electron chi connectivity index (χ3n) is 4.15. The Bertz CT molecular complexity index is 739. The maximum absolute atomic E-state index is 12.3. The maximum Gasteiger partial charge on any atom is 0.270 e. The van der Waals surface area contributed by atoms with E-state index in [9.17, 15) is 9.59 Å². The summed E-state index contributed by atoms with van der Waals surface area (Å²) in [6.45, 7) is 4.53. The molecule has 2 amide bonds. The minimum absolute atomic E-state index is 0.0627. The highest BCUT2D eigenvalue weighted by Gasteiger charge is 2.13. The molecule has 2 aromatic rings. The molecule has 0 spiro atoms. The number of nitrogens with zero attached hydrogens (tertiary/aromatic N) is 2. The van der Waals surface area contributed by atoms with Crippen LogP contribution in [0, 0.1) is 0 Å². The molecular formula is C18H22N4O3. The molecular weight excluding hydrogens is 320 g/mol. The van der Waals surface area contributed by atoms with Gasteiger partial charge in [-0.15, -0.1) is 0 Å². The molecule has 1 fully saturated rings. The molecule has 7 nitrogen and oxygen atoms in total. The lowest BCUT2D eigenvalue weighted by molar-refractivity contribution is -0.120. The molecule has 1 aromatic heterocycles. The number of pyridine rings is 1. The fourth-order valence-corrected chi connectivity index (χ4v) is 2.79. The minimum atomic E-state index is -0.347. The van der Waals surface area contributed by atoms with E-state index in [1.54, 1.807) is 6.20 Å². The number of carbonyl (C=O) groups is 2. The summed E-state index contributed by atoms with van der Waals surface area (Å²) in [6.07, 6.45) is 1.60. The van der Waals surface area contributed by atoms with Crippen LogP contribution in [0.1, 0.15) is 10.5 Å². The first-order chi connectivity index (χ1) is 12.2. The van der Waals surface area contributed by atoms with Crippen LogP contribution in [0.3, 0.4) is 0 Å². The second-order valence-electron chi connectivity index (χ2n) is 5.87. The van der Waals surface area contributed by atoms with Crippen molar-refractivity contribution in [2.75, 3.05) is 45.9 Å². The van der Waals surface area contributed by atoms with Crippen molar-refractivity contribution < 1.29 is 14.3 Å². The summed E-state index contributed by atoms with van der Waals surface area (Å²) < 4.78 is 5.28. The second kappa shape index (κ2) is 8.55. The Morgan fingerprint density at radius 3 is 2.76 bits per heavy atom. The normalized spacial score (nSPS) is 15.0. The summed E-state index contributed by atoms with van der Waals surface area (Å²) in [5.74, 6) is -0.554. The van der Waals surface area contributed by atoms with Crippen LogP contribution in [0.2, 0.25) is 0 Å². The van der Waals surface area contributed by atoms with Gasteiger partial charge in [-0.2, -0.15) is 0 Å². The van der Waals surface area contributed by atoms with E-state index in [-0.39, 0.29) is 18.4 Å². The van der Waals surface area contributed by atoms with Gasteiger partial charge in [-0.25, -0.2) is 0 Å².